The molecule has 0 aromatic heterocycles. The fourth-order valence-corrected chi connectivity index (χ4v) is 2.26. The Morgan fingerprint density at radius 3 is 2.55 bits per heavy atom. The van der Waals surface area contributed by atoms with E-state index >= 15 is 0 Å². The van der Waals surface area contributed by atoms with E-state index in [0.29, 0.717) is 5.56 Å². The molecule has 0 radical (unpaired) electrons. The Bertz CT molecular complexity index is 754. The van der Waals surface area contributed by atoms with Gasteiger partial charge in [0.25, 0.3) is 5.91 Å². The third-order valence-electron chi connectivity index (χ3n) is 3.33. The number of amides is 3. The number of carbonyl (C=O) groups excluding carboxylic acids is 2. The van der Waals surface area contributed by atoms with Crippen molar-refractivity contribution in [2.75, 3.05) is 0 Å². The maximum Gasteiger partial charge on any atom is 0.329 e. The van der Waals surface area contributed by atoms with Crippen LogP contribution in [0.5, 0.6) is 5.75 Å². The Balaban J connectivity index is 1.82. The van der Waals surface area contributed by atoms with E-state index in [1.807, 2.05) is 30.3 Å². The van der Waals surface area contributed by atoms with Gasteiger partial charge in [-0.3, -0.25) is 9.69 Å². The summed E-state index contributed by atoms with van der Waals surface area (Å²) in [5.74, 6) is -0.274. The van der Waals surface area contributed by atoms with Crippen molar-refractivity contribution in [1.29, 1.82) is 0 Å². The number of imide groups is 1. The Morgan fingerprint density at radius 2 is 1.82 bits per heavy atom. The first-order valence-corrected chi connectivity index (χ1v) is 6.81. The van der Waals surface area contributed by atoms with Crippen molar-refractivity contribution in [3.63, 3.8) is 0 Å². The van der Waals surface area contributed by atoms with Crippen LogP contribution in [-0.4, -0.2) is 21.9 Å². The molecule has 0 atom stereocenters. The number of nitrogens with zero attached hydrogens (tertiary/aromatic N) is 1. The van der Waals surface area contributed by atoms with Crippen molar-refractivity contribution >= 4 is 18.0 Å². The molecule has 2 aromatic rings. The van der Waals surface area contributed by atoms with Gasteiger partial charge in [-0.2, -0.15) is 0 Å². The smallest absolute Gasteiger partial charge is 0.329 e. The Morgan fingerprint density at radius 1 is 1.05 bits per heavy atom. The molecule has 5 nitrogen and oxygen atoms in total. The quantitative estimate of drug-likeness (QED) is 0.675. The normalized spacial score (nSPS) is 16.2. The van der Waals surface area contributed by atoms with Crippen molar-refractivity contribution in [2.24, 2.45) is 0 Å². The number of urea groups is 1. The summed E-state index contributed by atoms with van der Waals surface area (Å²) in [7, 11) is 0. The molecule has 5 heteroatoms. The van der Waals surface area contributed by atoms with Gasteiger partial charge in [-0.1, -0.05) is 42.5 Å². The highest BCUT2D eigenvalue weighted by Crippen LogP contribution is 2.18. The van der Waals surface area contributed by atoms with E-state index in [2.05, 4.69) is 5.32 Å². The Labute approximate surface area is 127 Å². The first-order valence-electron chi connectivity index (χ1n) is 6.81. The molecule has 0 aliphatic carbocycles. The average molecular weight is 294 g/mol. The second-order valence-electron chi connectivity index (χ2n) is 4.96. The number of aromatic hydroxyl groups is 1. The molecule has 1 aliphatic rings. The molecule has 1 heterocycles. The third kappa shape index (κ3) is 2.83. The average Bonchev–Trinajstić information content (AvgIpc) is 2.76. The highest BCUT2D eigenvalue weighted by atomic mass is 16.3. The van der Waals surface area contributed by atoms with E-state index < -0.39 is 6.03 Å². The van der Waals surface area contributed by atoms with Crippen LogP contribution >= 0.6 is 0 Å². The molecule has 22 heavy (non-hydrogen) atoms. The highest BCUT2D eigenvalue weighted by Gasteiger charge is 2.33. The fourth-order valence-electron chi connectivity index (χ4n) is 2.26. The molecule has 1 aliphatic heterocycles. The van der Waals surface area contributed by atoms with E-state index in [1.165, 1.54) is 6.07 Å². The van der Waals surface area contributed by atoms with E-state index in [4.69, 9.17) is 0 Å². The third-order valence-corrected chi connectivity index (χ3v) is 3.33. The lowest BCUT2D eigenvalue weighted by molar-refractivity contribution is -0.123. The van der Waals surface area contributed by atoms with Crippen LogP contribution in [0.3, 0.4) is 0 Å². The molecule has 0 spiro atoms. The van der Waals surface area contributed by atoms with Gasteiger partial charge in [0.1, 0.15) is 11.4 Å². The van der Waals surface area contributed by atoms with Gasteiger partial charge in [-0.05, 0) is 29.3 Å². The second-order valence-corrected chi connectivity index (χ2v) is 4.96. The summed E-state index contributed by atoms with van der Waals surface area (Å²) >= 11 is 0. The number of carbonyl (C=O) groups is 2. The van der Waals surface area contributed by atoms with Gasteiger partial charge in [0.05, 0.1) is 6.54 Å². The molecule has 2 N–H and O–H groups in total. The highest BCUT2D eigenvalue weighted by molar-refractivity contribution is 6.13. The van der Waals surface area contributed by atoms with Crippen LogP contribution in [-0.2, 0) is 11.3 Å². The lowest BCUT2D eigenvalue weighted by Gasteiger charge is -2.11. The summed E-state index contributed by atoms with van der Waals surface area (Å²) in [5, 5.41) is 12.0. The fraction of sp³-hybridized carbons (Fsp3) is 0.0588. The van der Waals surface area contributed by atoms with Crippen LogP contribution in [0.4, 0.5) is 4.79 Å². The molecular formula is C17H14N2O3. The zero-order valence-electron chi connectivity index (χ0n) is 11.7. The van der Waals surface area contributed by atoms with Gasteiger partial charge in [0, 0.05) is 0 Å². The van der Waals surface area contributed by atoms with Crippen molar-refractivity contribution in [1.82, 2.24) is 10.2 Å². The number of phenolic OH excluding ortho intramolecular Hbond substituents is 1. The molecular weight excluding hydrogens is 280 g/mol. The van der Waals surface area contributed by atoms with E-state index in [-0.39, 0.29) is 23.9 Å². The van der Waals surface area contributed by atoms with Gasteiger partial charge in [-0.15, -0.1) is 0 Å². The number of rotatable bonds is 3. The van der Waals surface area contributed by atoms with Crippen LogP contribution in [0.25, 0.3) is 6.08 Å². The zero-order chi connectivity index (χ0) is 15.5. The molecule has 110 valence electrons. The van der Waals surface area contributed by atoms with E-state index in [1.54, 1.807) is 24.3 Å². The maximum atomic E-state index is 12.3. The lowest BCUT2D eigenvalue weighted by atomic mass is 10.1. The lowest BCUT2D eigenvalue weighted by Crippen LogP contribution is -2.30. The first kappa shape index (κ1) is 13.9. The summed E-state index contributed by atoms with van der Waals surface area (Å²) in [4.78, 5) is 25.4. The molecule has 1 saturated heterocycles. The van der Waals surface area contributed by atoms with Crippen molar-refractivity contribution in [3.05, 3.63) is 71.4 Å². The monoisotopic (exact) mass is 294 g/mol. The second kappa shape index (κ2) is 5.73. The molecule has 1 fully saturated rings. The predicted octanol–water partition coefficient (Wildman–Crippen LogP) is 2.49. The summed E-state index contributed by atoms with van der Waals surface area (Å²) in [5.41, 5.74) is 1.72. The minimum absolute atomic E-state index is 0.104. The van der Waals surface area contributed by atoms with Crippen molar-refractivity contribution in [2.45, 2.75) is 6.54 Å². The van der Waals surface area contributed by atoms with E-state index in [9.17, 15) is 14.7 Å². The van der Waals surface area contributed by atoms with Crippen LogP contribution in [0, 0.1) is 0 Å². The van der Waals surface area contributed by atoms with Gasteiger partial charge >= 0.3 is 6.03 Å². The summed E-state index contributed by atoms with van der Waals surface area (Å²) in [6, 6.07) is 15.3. The van der Waals surface area contributed by atoms with E-state index in [0.717, 1.165) is 10.5 Å². The minimum Gasteiger partial charge on any atom is -0.508 e. The summed E-state index contributed by atoms with van der Waals surface area (Å²) in [6.45, 7) is 0.225. The summed E-state index contributed by atoms with van der Waals surface area (Å²) < 4.78 is 0. The van der Waals surface area contributed by atoms with Gasteiger partial charge in [-0.25, -0.2) is 4.79 Å². The summed E-state index contributed by atoms with van der Waals surface area (Å²) in [6.07, 6.45) is 1.55. The number of nitrogens with one attached hydrogen (secondary N) is 1. The van der Waals surface area contributed by atoms with Gasteiger partial charge in [0.2, 0.25) is 0 Å². The predicted molar refractivity (Wildman–Crippen MR) is 81.6 cm³/mol. The zero-order valence-corrected chi connectivity index (χ0v) is 11.7. The minimum atomic E-state index is -0.444. The maximum absolute atomic E-state index is 12.3. The number of benzene rings is 2. The topological polar surface area (TPSA) is 69.6 Å². The van der Waals surface area contributed by atoms with Crippen molar-refractivity contribution in [3.8, 4) is 5.75 Å². The SMILES string of the molecule is O=C1N/C(=C/c2cccc(O)c2)C(=O)N1Cc1ccccc1. The number of hydrogen-bond acceptors (Lipinski definition) is 3. The number of hydrogen-bond donors (Lipinski definition) is 2. The molecule has 0 saturated carbocycles. The molecule has 0 bridgehead atoms. The van der Waals surface area contributed by atoms with Crippen LogP contribution in [0.1, 0.15) is 11.1 Å². The van der Waals surface area contributed by atoms with Crippen LogP contribution in [0.2, 0.25) is 0 Å². The Kier molecular flexibility index (Phi) is 3.62. The number of phenols is 1. The van der Waals surface area contributed by atoms with Gasteiger partial charge < -0.3 is 10.4 Å². The van der Waals surface area contributed by atoms with Crippen LogP contribution < -0.4 is 5.32 Å². The molecule has 3 rings (SSSR count). The van der Waals surface area contributed by atoms with Crippen molar-refractivity contribution < 1.29 is 14.7 Å². The van der Waals surface area contributed by atoms with Crippen LogP contribution in [0.15, 0.2) is 60.3 Å². The largest absolute Gasteiger partial charge is 0.508 e. The molecule has 3 amide bonds. The standard InChI is InChI=1S/C17H14N2O3/c20-14-8-4-7-13(9-14)10-15-16(21)19(17(22)18-15)11-12-5-2-1-3-6-12/h1-10,20H,11H2,(H,18,22)/b15-10+. The first-order chi connectivity index (χ1) is 10.6. The molecule has 2 aromatic carbocycles. The Hall–Kier alpha value is -3.08. The van der Waals surface area contributed by atoms with Gasteiger partial charge in [0.15, 0.2) is 0 Å². The molecule has 0 unspecified atom stereocenters.